The predicted octanol–water partition coefficient (Wildman–Crippen LogP) is 2.40. The molecule has 0 bridgehead atoms. The molecular weight excluding hydrogens is 358 g/mol. The maximum Gasteiger partial charge on any atom is 0.282 e. The molecule has 2 aromatic heterocycles. The van der Waals surface area contributed by atoms with E-state index >= 15 is 0 Å². The van der Waals surface area contributed by atoms with Gasteiger partial charge < -0.3 is 5.32 Å². The van der Waals surface area contributed by atoms with Gasteiger partial charge in [0.2, 0.25) is 0 Å². The summed E-state index contributed by atoms with van der Waals surface area (Å²) in [5, 5.41) is 11.6. The van der Waals surface area contributed by atoms with E-state index in [0.29, 0.717) is 16.7 Å². The summed E-state index contributed by atoms with van der Waals surface area (Å²) in [7, 11) is 1.62. The number of hydrogen-bond acceptors (Lipinski definition) is 4. The molecule has 0 atom stereocenters. The molecule has 3 rings (SSSR count). The quantitative estimate of drug-likeness (QED) is 0.745. The first kappa shape index (κ1) is 15.5. The van der Waals surface area contributed by atoms with Crippen LogP contribution in [0.4, 0.5) is 5.69 Å². The minimum atomic E-state index is -0.172. The van der Waals surface area contributed by atoms with Crippen LogP contribution in [0.2, 0.25) is 0 Å². The number of benzene rings is 1. The highest BCUT2D eigenvalue weighted by molar-refractivity contribution is 9.10. The Hall–Kier alpha value is -2.41. The minimum Gasteiger partial charge on any atom is -0.378 e. The Morgan fingerprint density at radius 3 is 2.70 bits per heavy atom. The van der Waals surface area contributed by atoms with Gasteiger partial charge >= 0.3 is 0 Å². The SMILES string of the molecule is Cn1ncc(NCc2cnn(Cc3ccccc3)c2)c(Br)c1=O. The van der Waals surface area contributed by atoms with E-state index < -0.39 is 0 Å². The molecule has 0 aliphatic carbocycles. The number of halogens is 1. The summed E-state index contributed by atoms with van der Waals surface area (Å²) >= 11 is 3.30. The molecule has 0 unspecified atom stereocenters. The van der Waals surface area contributed by atoms with Crippen molar-refractivity contribution in [3.63, 3.8) is 0 Å². The highest BCUT2D eigenvalue weighted by atomic mass is 79.9. The summed E-state index contributed by atoms with van der Waals surface area (Å²) in [6.07, 6.45) is 5.43. The van der Waals surface area contributed by atoms with Gasteiger partial charge in [-0.25, -0.2) is 4.68 Å². The normalized spacial score (nSPS) is 10.7. The topological polar surface area (TPSA) is 64.7 Å². The Balaban J connectivity index is 1.66. The first-order valence-electron chi connectivity index (χ1n) is 7.14. The monoisotopic (exact) mass is 373 g/mol. The molecule has 23 heavy (non-hydrogen) atoms. The van der Waals surface area contributed by atoms with E-state index in [-0.39, 0.29) is 5.56 Å². The van der Waals surface area contributed by atoms with Crippen LogP contribution in [0.3, 0.4) is 0 Å². The smallest absolute Gasteiger partial charge is 0.282 e. The van der Waals surface area contributed by atoms with Crippen molar-refractivity contribution in [3.05, 3.63) is 74.9 Å². The largest absolute Gasteiger partial charge is 0.378 e. The fourth-order valence-corrected chi connectivity index (χ4v) is 2.69. The second-order valence-corrected chi connectivity index (χ2v) is 5.98. The molecule has 0 aliphatic heterocycles. The second kappa shape index (κ2) is 6.78. The summed E-state index contributed by atoms with van der Waals surface area (Å²) < 4.78 is 3.66. The third-order valence-electron chi connectivity index (χ3n) is 3.44. The zero-order valence-corrected chi connectivity index (χ0v) is 14.2. The number of anilines is 1. The Bertz CT molecular complexity index is 856. The van der Waals surface area contributed by atoms with Crippen molar-refractivity contribution in [1.82, 2.24) is 19.6 Å². The van der Waals surface area contributed by atoms with Crippen LogP contribution >= 0.6 is 15.9 Å². The van der Waals surface area contributed by atoms with E-state index in [1.54, 1.807) is 13.2 Å². The molecule has 0 fully saturated rings. The van der Waals surface area contributed by atoms with Crippen LogP contribution in [-0.2, 0) is 20.1 Å². The number of nitrogens with zero attached hydrogens (tertiary/aromatic N) is 4. The molecule has 3 aromatic rings. The van der Waals surface area contributed by atoms with Crippen molar-refractivity contribution in [1.29, 1.82) is 0 Å². The number of hydrogen-bond donors (Lipinski definition) is 1. The van der Waals surface area contributed by atoms with Crippen molar-refractivity contribution in [2.75, 3.05) is 5.32 Å². The van der Waals surface area contributed by atoms with E-state index in [9.17, 15) is 4.79 Å². The fraction of sp³-hybridized carbons (Fsp3) is 0.188. The highest BCUT2D eigenvalue weighted by Gasteiger charge is 2.07. The Morgan fingerprint density at radius 1 is 1.13 bits per heavy atom. The number of aryl methyl sites for hydroxylation is 1. The summed E-state index contributed by atoms with van der Waals surface area (Å²) in [6, 6.07) is 10.2. The molecule has 1 N–H and O–H groups in total. The lowest BCUT2D eigenvalue weighted by molar-refractivity contribution is 0.686. The van der Waals surface area contributed by atoms with Gasteiger partial charge in [0, 0.05) is 25.4 Å². The van der Waals surface area contributed by atoms with Crippen LogP contribution in [0.1, 0.15) is 11.1 Å². The Labute approximate surface area is 141 Å². The van der Waals surface area contributed by atoms with Gasteiger partial charge in [-0.1, -0.05) is 30.3 Å². The lowest BCUT2D eigenvalue weighted by Gasteiger charge is -2.07. The third kappa shape index (κ3) is 3.68. The minimum absolute atomic E-state index is 0.172. The molecule has 1 aromatic carbocycles. The van der Waals surface area contributed by atoms with Crippen LogP contribution in [0, 0.1) is 0 Å². The van der Waals surface area contributed by atoms with Crippen molar-refractivity contribution < 1.29 is 0 Å². The number of rotatable bonds is 5. The number of aromatic nitrogens is 4. The first-order valence-corrected chi connectivity index (χ1v) is 7.94. The van der Waals surface area contributed by atoms with Gasteiger partial charge in [0.05, 0.1) is 24.6 Å². The summed E-state index contributed by atoms with van der Waals surface area (Å²) in [5.74, 6) is 0. The zero-order valence-electron chi connectivity index (χ0n) is 12.6. The maximum absolute atomic E-state index is 11.8. The molecule has 118 valence electrons. The van der Waals surface area contributed by atoms with Gasteiger partial charge in [-0.15, -0.1) is 0 Å². The summed E-state index contributed by atoms with van der Waals surface area (Å²) in [5.41, 5.74) is 2.74. The Kier molecular flexibility index (Phi) is 4.57. The van der Waals surface area contributed by atoms with E-state index in [4.69, 9.17) is 0 Å². The molecule has 0 aliphatic rings. The van der Waals surface area contributed by atoms with E-state index in [1.165, 1.54) is 10.2 Å². The van der Waals surface area contributed by atoms with Gasteiger partial charge in [-0.05, 0) is 21.5 Å². The standard InChI is InChI=1S/C16H16BrN5O/c1-21-16(23)15(17)14(9-19-21)18-7-13-8-20-22(11-13)10-12-5-3-2-4-6-12/h2-6,8-9,11,18H,7,10H2,1H3. The predicted molar refractivity (Wildman–Crippen MR) is 92.3 cm³/mol. The second-order valence-electron chi connectivity index (χ2n) is 5.19. The van der Waals surface area contributed by atoms with Crippen LogP contribution in [-0.4, -0.2) is 19.6 Å². The van der Waals surface area contributed by atoms with Gasteiger partial charge in [0.1, 0.15) is 4.47 Å². The van der Waals surface area contributed by atoms with Crippen molar-refractivity contribution in [3.8, 4) is 0 Å². The molecule has 0 saturated carbocycles. The average molecular weight is 374 g/mol. The van der Waals surface area contributed by atoms with E-state index in [1.807, 2.05) is 35.3 Å². The molecular formula is C16H16BrN5O. The van der Waals surface area contributed by atoms with Crippen molar-refractivity contribution >= 4 is 21.6 Å². The third-order valence-corrected chi connectivity index (χ3v) is 4.20. The lowest BCUT2D eigenvalue weighted by atomic mass is 10.2. The van der Waals surface area contributed by atoms with Crippen LogP contribution in [0.15, 0.2) is 58.2 Å². The zero-order chi connectivity index (χ0) is 16.2. The molecule has 2 heterocycles. The Morgan fingerprint density at radius 2 is 1.91 bits per heavy atom. The highest BCUT2D eigenvalue weighted by Crippen LogP contribution is 2.16. The average Bonchev–Trinajstić information content (AvgIpc) is 3.00. The van der Waals surface area contributed by atoms with Crippen molar-refractivity contribution in [2.24, 2.45) is 7.05 Å². The van der Waals surface area contributed by atoms with Gasteiger partial charge in [-0.2, -0.15) is 10.2 Å². The van der Waals surface area contributed by atoms with Crippen LogP contribution in [0.25, 0.3) is 0 Å². The fourth-order valence-electron chi connectivity index (χ4n) is 2.19. The number of nitrogens with one attached hydrogen (secondary N) is 1. The first-order chi connectivity index (χ1) is 11.1. The van der Waals surface area contributed by atoms with Crippen LogP contribution in [0.5, 0.6) is 0 Å². The summed E-state index contributed by atoms with van der Waals surface area (Å²) in [6.45, 7) is 1.31. The van der Waals surface area contributed by atoms with E-state index in [2.05, 4.69) is 43.6 Å². The van der Waals surface area contributed by atoms with Crippen LogP contribution < -0.4 is 10.9 Å². The molecule has 0 radical (unpaired) electrons. The molecule has 7 heteroatoms. The molecule has 0 amide bonds. The van der Waals surface area contributed by atoms with Gasteiger partial charge in [0.15, 0.2) is 0 Å². The lowest BCUT2D eigenvalue weighted by Crippen LogP contribution is -2.21. The molecule has 0 saturated heterocycles. The van der Waals surface area contributed by atoms with Crippen molar-refractivity contribution in [2.45, 2.75) is 13.1 Å². The van der Waals surface area contributed by atoms with E-state index in [0.717, 1.165) is 12.1 Å². The van der Waals surface area contributed by atoms with Gasteiger partial charge in [-0.3, -0.25) is 9.48 Å². The molecule has 0 spiro atoms. The summed E-state index contributed by atoms with van der Waals surface area (Å²) in [4.78, 5) is 11.8. The molecule has 6 nitrogen and oxygen atoms in total. The maximum atomic E-state index is 11.8. The van der Waals surface area contributed by atoms with Gasteiger partial charge in [0.25, 0.3) is 5.56 Å².